The Morgan fingerprint density at radius 1 is 0.372 bits per heavy atom. The molecule has 5 rings (SSSR count). The van der Waals surface area contributed by atoms with Gasteiger partial charge in [-0.3, -0.25) is 28.8 Å². The zero-order chi connectivity index (χ0) is 56.2. The first-order valence-electron chi connectivity index (χ1n) is 27.5. The lowest BCUT2D eigenvalue weighted by Gasteiger charge is -2.30. The Balaban J connectivity index is 1.05. The van der Waals surface area contributed by atoms with E-state index in [4.69, 9.17) is 47.4 Å². The van der Waals surface area contributed by atoms with Gasteiger partial charge in [0.1, 0.15) is 29.3 Å². The lowest BCUT2D eigenvalue weighted by molar-refractivity contribution is -0.161. The molecule has 428 valence electrons. The van der Waals surface area contributed by atoms with Crippen LogP contribution in [0, 0.1) is 35.5 Å². The fourth-order valence-corrected chi connectivity index (χ4v) is 9.83. The second-order valence-corrected chi connectivity index (χ2v) is 20.1. The molecule has 4 aliphatic carbocycles. The molecule has 1 aromatic carbocycles. The molecule has 4 fully saturated rings. The van der Waals surface area contributed by atoms with Gasteiger partial charge in [-0.25, -0.2) is 19.2 Å². The molecule has 0 saturated heterocycles. The van der Waals surface area contributed by atoms with E-state index in [9.17, 15) is 47.9 Å². The highest BCUT2D eigenvalue weighted by Gasteiger charge is 2.37. The van der Waals surface area contributed by atoms with Crippen molar-refractivity contribution in [2.24, 2.45) is 35.5 Å². The Kier molecular flexibility index (Phi) is 26.6. The molecule has 78 heavy (non-hydrogen) atoms. The molecule has 0 unspecified atom stereocenters. The van der Waals surface area contributed by atoms with E-state index in [1.54, 1.807) is 0 Å². The van der Waals surface area contributed by atoms with Crippen LogP contribution in [0.25, 0.3) is 0 Å². The van der Waals surface area contributed by atoms with Crippen LogP contribution >= 0.6 is 0 Å². The van der Waals surface area contributed by atoms with E-state index < -0.39 is 59.5 Å². The molecule has 0 heterocycles. The van der Waals surface area contributed by atoms with Gasteiger partial charge in [0.15, 0.2) is 0 Å². The number of unbranched alkanes of at least 4 members (excludes halogenated alkanes) is 3. The van der Waals surface area contributed by atoms with Gasteiger partial charge in [0.2, 0.25) is 0 Å². The summed E-state index contributed by atoms with van der Waals surface area (Å²) in [6, 6.07) is 4.04. The van der Waals surface area contributed by atoms with E-state index in [1.165, 1.54) is 18.2 Å². The number of ether oxygens (including phenoxy) is 10. The van der Waals surface area contributed by atoms with Crippen molar-refractivity contribution in [2.45, 2.75) is 153 Å². The van der Waals surface area contributed by atoms with Gasteiger partial charge in [-0.1, -0.05) is 19.7 Å². The van der Waals surface area contributed by atoms with Crippen LogP contribution in [0.15, 0.2) is 56.2 Å². The molecule has 1 aromatic rings. The Labute approximate surface area is 455 Å². The number of hydrogen-bond donors (Lipinski definition) is 0. The molecule has 0 atom stereocenters. The second kappa shape index (κ2) is 33.4. The Morgan fingerprint density at radius 2 is 0.679 bits per heavy atom. The van der Waals surface area contributed by atoms with Gasteiger partial charge in [-0.05, 0) is 159 Å². The quantitative estimate of drug-likeness (QED) is 0.0241. The SMILES string of the molecule is C=CC(=O)OCCCCOC(=O)c1cc(OC(=O)C2CCC(C(=O)OC3CCC(C(=O)OCCCCOC(=O)C=C)CC3)CC2)ccc1OC(=O)C1CCC(C(=O)OC2CCC(C(=O)OCCCCOC(=O)C=C)CC2)CC1. The van der Waals surface area contributed by atoms with Gasteiger partial charge < -0.3 is 47.4 Å². The van der Waals surface area contributed by atoms with Crippen molar-refractivity contribution >= 4 is 59.7 Å². The van der Waals surface area contributed by atoms with E-state index in [1.807, 2.05) is 0 Å². The first-order chi connectivity index (χ1) is 37.7. The lowest BCUT2D eigenvalue weighted by Crippen LogP contribution is -2.33. The molecule has 0 radical (unpaired) electrons. The molecule has 0 aromatic heterocycles. The van der Waals surface area contributed by atoms with Gasteiger partial charge in [-0.15, -0.1) is 0 Å². The minimum Gasteiger partial charge on any atom is -0.465 e. The minimum absolute atomic E-state index is 0.0144. The molecule has 0 N–H and O–H groups in total. The van der Waals surface area contributed by atoms with Gasteiger partial charge in [-0.2, -0.15) is 0 Å². The predicted octanol–water partition coefficient (Wildman–Crippen LogP) is 8.09. The third-order valence-electron chi connectivity index (χ3n) is 14.5. The molecular weight excluding hydrogens is 1020 g/mol. The molecule has 20 heteroatoms. The van der Waals surface area contributed by atoms with Gasteiger partial charge in [0.25, 0.3) is 0 Å². The molecule has 0 bridgehead atoms. The number of benzene rings is 1. The third-order valence-corrected chi connectivity index (χ3v) is 14.5. The molecule has 0 spiro atoms. The standard InChI is InChI=1S/C58H76O20/c1-4-49(59)69-31-7-10-34-72-52(62)38-21-25-44(26-22-38)75-54(64)40-13-15-42(16-14-40)56(66)77-46-29-30-48(47(37-46)58(68)74-36-12-9-33-71-51(61)6-3)78-57(67)43-19-17-41(18-20-43)55(65)76-45-27-23-39(24-28-45)53(63)73-35-11-8-32-70-50(60)5-2/h4-6,29-30,37-45H,1-3,7-28,31-36H2. The summed E-state index contributed by atoms with van der Waals surface area (Å²) >= 11 is 0. The van der Waals surface area contributed by atoms with Gasteiger partial charge in [0.05, 0.1) is 75.1 Å². The number of rotatable bonds is 29. The molecular formula is C58H76O20. The lowest BCUT2D eigenvalue weighted by atomic mass is 9.82. The third kappa shape index (κ3) is 21.2. The molecule has 4 saturated carbocycles. The zero-order valence-corrected chi connectivity index (χ0v) is 44.7. The van der Waals surface area contributed by atoms with Crippen LogP contribution < -0.4 is 9.47 Å². The normalized spacial score (nSPS) is 22.8. The maximum Gasteiger partial charge on any atom is 0.342 e. The summed E-state index contributed by atoms with van der Waals surface area (Å²) in [4.78, 5) is 126. The van der Waals surface area contributed by atoms with Gasteiger partial charge >= 0.3 is 59.7 Å². The molecule has 20 nitrogen and oxygen atoms in total. The van der Waals surface area contributed by atoms with Crippen molar-refractivity contribution in [1.29, 1.82) is 0 Å². The Bertz CT molecular complexity index is 2240. The van der Waals surface area contributed by atoms with Crippen LogP contribution in [0.3, 0.4) is 0 Å². The van der Waals surface area contributed by atoms with Crippen molar-refractivity contribution in [3.8, 4) is 11.5 Å². The maximum absolute atomic E-state index is 13.6. The predicted molar refractivity (Wildman–Crippen MR) is 276 cm³/mol. The van der Waals surface area contributed by atoms with Crippen LogP contribution in [0.5, 0.6) is 11.5 Å². The Hall–Kier alpha value is -6.86. The van der Waals surface area contributed by atoms with Crippen LogP contribution in [0.4, 0.5) is 0 Å². The van der Waals surface area contributed by atoms with E-state index in [0.717, 1.165) is 18.2 Å². The van der Waals surface area contributed by atoms with Crippen molar-refractivity contribution in [1.82, 2.24) is 0 Å². The van der Waals surface area contributed by atoms with Crippen molar-refractivity contribution < 1.29 is 95.3 Å². The fourth-order valence-electron chi connectivity index (χ4n) is 9.83. The second-order valence-electron chi connectivity index (χ2n) is 20.1. The first kappa shape index (κ1) is 62.0. The highest BCUT2D eigenvalue weighted by molar-refractivity contribution is 5.94. The smallest absolute Gasteiger partial charge is 0.342 e. The number of carbonyl (C=O) groups is 10. The van der Waals surface area contributed by atoms with Crippen molar-refractivity contribution in [3.63, 3.8) is 0 Å². The summed E-state index contributed by atoms with van der Waals surface area (Å²) in [7, 11) is 0. The van der Waals surface area contributed by atoms with Crippen LogP contribution in [-0.2, 0) is 81.0 Å². The average molecular weight is 1090 g/mol. The highest BCUT2D eigenvalue weighted by atomic mass is 16.6. The van der Waals surface area contributed by atoms with Crippen LogP contribution in [0.1, 0.15) is 152 Å². The van der Waals surface area contributed by atoms with Crippen LogP contribution in [-0.4, -0.2) is 112 Å². The van der Waals surface area contributed by atoms with Gasteiger partial charge in [0, 0.05) is 18.2 Å². The maximum atomic E-state index is 13.6. The summed E-state index contributed by atoms with van der Waals surface area (Å²) < 4.78 is 54.4. The largest absolute Gasteiger partial charge is 0.465 e. The Morgan fingerprint density at radius 3 is 1.05 bits per heavy atom. The van der Waals surface area contributed by atoms with Crippen molar-refractivity contribution in [3.05, 3.63) is 61.7 Å². The minimum atomic E-state index is -0.846. The zero-order valence-electron chi connectivity index (χ0n) is 44.7. The summed E-state index contributed by atoms with van der Waals surface area (Å²) in [6.45, 7) is 10.9. The topological polar surface area (TPSA) is 263 Å². The molecule has 4 aliphatic rings. The van der Waals surface area contributed by atoms with E-state index in [2.05, 4.69) is 19.7 Å². The average Bonchev–Trinajstić information content (AvgIpc) is 3.49. The summed E-state index contributed by atoms with van der Waals surface area (Å²) in [5.41, 5.74) is -0.159. The summed E-state index contributed by atoms with van der Waals surface area (Å²) in [5, 5.41) is 0. The fraction of sp³-hybridized carbons (Fsp3) is 0.621. The number of carbonyl (C=O) groups excluding carboxylic acids is 10. The summed E-state index contributed by atoms with van der Waals surface area (Å²) in [5.74, 6) is -7.46. The molecule has 0 amide bonds. The molecule has 0 aliphatic heterocycles. The van der Waals surface area contributed by atoms with E-state index in [-0.39, 0.29) is 105 Å². The number of esters is 10. The van der Waals surface area contributed by atoms with E-state index >= 15 is 0 Å². The number of hydrogen-bond acceptors (Lipinski definition) is 20. The monoisotopic (exact) mass is 1090 g/mol. The summed E-state index contributed by atoms with van der Waals surface area (Å²) in [6.07, 6.45) is 12.7. The van der Waals surface area contributed by atoms with Crippen molar-refractivity contribution in [2.75, 3.05) is 39.6 Å². The van der Waals surface area contributed by atoms with E-state index in [0.29, 0.717) is 141 Å². The van der Waals surface area contributed by atoms with Crippen LogP contribution in [0.2, 0.25) is 0 Å². The highest BCUT2D eigenvalue weighted by Crippen LogP contribution is 2.37. The first-order valence-corrected chi connectivity index (χ1v) is 27.5.